The molecule has 0 bridgehead atoms. The fourth-order valence-corrected chi connectivity index (χ4v) is 5.18. The molecular formula is C22H19N7O2S. The van der Waals surface area contributed by atoms with E-state index in [2.05, 4.69) is 20.1 Å². The van der Waals surface area contributed by atoms with Gasteiger partial charge in [-0.05, 0) is 19.1 Å². The molecule has 0 saturated heterocycles. The molecule has 32 heavy (non-hydrogen) atoms. The topological polar surface area (TPSA) is 106 Å². The maximum atomic E-state index is 13.6. The first-order valence-corrected chi connectivity index (χ1v) is 11.0. The Hall–Kier alpha value is -3.79. The van der Waals surface area contributed by atoms with Crippen molar-refractivity contribution in [3.8, 4) is 11.5 Å². The van der Waals surface area contributed by atoms with Crippen molar-refractivity contribution in [2.45, 2.75) is 19.4 Å². The largest absolute Gasteiger partial charge is 0.431 e. The minimum absolute atomic E-state index is 0.188. The van der Waals surface area contributed by atoms with E-state index in [9.17, 15) is 4.79 Å². The second-order valence-electron chi connectivity index (χ2n) is 7.73. The van der Waals surface area contributed by atoms with Gasteiger partial charge in [0.25, 0.3) is 5.91 Å². The molecule has 10 heteroatoms. The van der Waals surface area contributed by atoms with Crippen molar-refractivity contribution in [3.63, 3.8) is 0 Å². The Morgan fingerprint density at radius 2 is 2.12 bits per heavy atom. The SMILES string of the molecule is Cc1c(-c2ncc(C(=O)N3CCc4[nH]cnc4[C@H]3c3nc4ccccc4s3)o2)cnn1C. The van der Waals surface area contributed by atoms with E-state index >= 15 is 0 Å². The highest BCUT2D eigenvalue weighted by Crippen LogP contribution is 2.38. The number of H-pyrrole nitrogens is 1. The van der Waals surface area contributed by atoms with Crippen LogP contribution in [0.3, 0.4) is 0 Å². The lowest BCUT2D eigenvalue weighted by atomic mass is 10.0. The lowest BCUT2D eigenvalue weighted by molar-refractivity contribution is 0.0659. The van der Waals surface area contributed by atoms with E-state index in [0.29, 0.717) is 18.9 Å². The number of fused-ring (bicyclic) bond motifs is 2. The van der Waals surface area contributed by atoms with Crippen LogP contribution in [0, 0.1) is 6.92 Å². The van der Waals surface area contributed by atoms with Crippen molar-refractivity contribution in [2.75, 3.05) is 6.54 Å². The first kappa shape index (κ1) is 18.9. The van der Waals surface area contributed by atoms with Gasteiger partial charge in [0.05, 0.1) is 40.2 Å². The number of nitrogens with zero attached hydrogens (tertiary/aromatic N) is 6. The van der Waals surface area contributed by atoms with E-state index in [1.54, 1.807) is 33.4 Å². The Morgan fingerprint density at radius 1 is 1.25 bits per heavy atom. The Labute approximate surface area is 186 Å². The minimum atomic E-state index is -0.386. The molecule has 1 atom stereocenters. The number of para-hydroxylation sites is 1. The summed E-state index contributed by atoms with van der Waals surface area (Å²) >= 11 is 1.58. The van der Waals surface area contributed by atoms with Crippen molar-refractivity contribution in [2.24, 2.45) is 7.05 Å². The zero-order valence-electron chi connectivity index (χ0n) is 17.4. The normalized spacial score (nSPS) is 15.9. The highest BCUT2D eigenvalue weighted by molar-refractivity contribution is 7.18. The summed E-state index contributed by atoms with van der Waals surface area (Å²) in [5.74, 6) is 0.338. The quantitative estimate of drug-likeness (QED) is 0.456. The van der Waals surface area contributed by atoms with E-state index < -0.39 is 0 Å². The van der Waals surface area contributed by atoms with Crippen molar-refractivity contribution in [3.05, 3.63) is 70.8 Å². The Kier molecular flexibility index (Phi) is 4.22. The third-order valence-electron chi connectivity index (χ3n) is 5.91. The van der Waals surface area contributed by atoms with Gasteiger partial charge in [0, 0.05) is 31.4 Å². The fourth-order valence-electron chi connectivity index (χ4n) is 4.10. The number of aromatic amines is 1. The molecule has 5 aromatic rings. The number of hydrogen-bond donors (Lipinski definition) is 1. The number of thiazole rings is 1. The average Bonchev–Trinajstić information content (AvgIpc) is 3.59. The van der Waals surface area contributed by atoms with Crippen LogP contribution in [-0.4, -0.2) is 47.1 Å². The Morgan fingerprint density at radius 3 is 2.94 bits per heavy atom. The number of amides is 1. The maximum Gasteiger partial charge on any atom is 0.292 e. The Balaban J connectivity index is 1.40. The van der Waals surface area contributed by atoms with Gasteiger partial charge in [-0.3, -0.25) is 9.48 Å². The molecule has 1 aromatic carbocycles. The molecule has 9 nitrogen and oxygen atoms in total. The second kappa shape index (κ2) is 7.13. The fraction of sp³-hybridized carbons (Fsp3) is 0.227. The molecule has 1 amide bonds. The molecule has 160 valence electrons. The van der Waals surface area contributed by atoms with Crippen LogP contribution >= 0.6 is 11.3 Å². The zero-order chi connectivity index (χ0) is 21.8. The summed E-state index contributed by atoms with van der Waals surface area (Å²) < 4.78 is 8.71. The van der Waals surface area contributed by atoms with Gasteiger partial charge < -0.3 is 14.3 Å². The molecule has 0 aliphatic carbocycles. The van der Waals surface area contributed by atoms with Crippen molar-refractivity contribution >= 4 is 27.5 Å². The van der Waals surface area contributed by atoms with Crippen LogP contribution in [0.5, 0.6) is 0 Å². The van der Waals surface area contributed by atoms with E-state index in [-0.39, 0.29) is 17.7 Å². The van der Waals surface area contributed by atoms with Crippen LogP contribution in [0.2, 0.25) is 0 Å². The van der Waals surface area contributed by atoms with E-state index in [0.717, 1.165) is 37.9 Å². The summed E-state index contributed by atoms with van der Waals surface area (Å²) in [7, 11) is 1.85. The summed E-state index contributed by atoms with van der Waals surface area (Å²) in [6, 6.07) is 7.59. The second-order valence-corrected chi connectivity index (χ2v) is 8.80. The van der Waals surface area contributed by atoms with Crippen LogP contribution in [-0.2, 0) is 13.5 Å². The predicted molar refractivity (Wildman–Crippen MR) is 118 cm³/mol. The van der Waals surface area contributed by atoms with Gasteiger partial charge in [-0.15, -0.1) is 11.3 Å². The number of hydrogen-bond acceptors (Lipinski definition) is 7. The van der Waals surface area contributed by atoms with E-state index in [4.69, 9.17) is 9.40 Å². The highest BCUT2D eigenvalue weighted by Gasteiger charge is 2.37. The number of rotatable bonds is 3. The van der Waals surface area contributed by atoms with Gasteiger partial charge in [0.1, 0.15) is 11.0 Å². The van der Waals surface area contributed by atoms with E-state index in [1.165, 1.54) is 6.20 Å². The number of imidazole rings is 1. The summed E-state index contributed by atoms with van der Waals surface area (Å²) in [5.41, 5.74) is 4.45. The number of aryl methyl sites for hydroxylation is 1. The number of nitrogens with one attached hydrogen (secondary N) is 1. The van der Waals surface area contributed by atoms with Crippen LogP contribution in [0.15, 0.2) is 47.4 Å². The van der Waals surface area contributed by atoms with Gasteiger partial charge in [0.2, 0.25) is 11.7 Å². The van der Waals surface area contributed by atoms with Crippen LogP contribution in [0.4, 0.5) is 0 Å². The predicted octanol–water partition coefficient (Wildman–Crippen LogP) is 3.50. The number of carbonyl (C=O) groups excluding carboxylic acids is 1. The summed E-state index contributed by atoms with van der Waals surface area (Å²) in [4.78, 5) is 32.3. The number of aromatic nitrogens is 6. The van der Waals surface area contributed by atoms with Gasteiger partial charge in [0.15, 0.2) is 0 Å². The first-order valence-electron chi connectivity index (χ1n) is 10.2. The number of benzene rings is 1. The standard InChI is InChI=1S/C22H19N7O2S/c1-12-13(9-26-28(12)2)20-23-10-16(31-20)22(30)29-8-7-15-18(25-11-24-15)19(29)21-27-14-5-3-4-6-17(14)32-21/h3-6,9-11,19H,7-8H2,1-2H3,(H,24,25)/t19-/m0/s1. The third kappa shape index (κ3) is 2.87. The summed E-state index contributed by atoms with van der Waals surface area (Å²) in [6.45, 7) is 2.46. The zero-order valence-corrected chi connectivity index (χ0v) is 18.3. The molecule has 5 heterocycles. The molecule has 1 aliphatic heterocycles. The molecule has 1 N–H and O–H groups in total. The van der Waals surface area contributed by atoms with E-state index in [1.807, 2.05) is 38.2 Å². The minimum Gasteiger partial charge on any atom is -0.431 e. The van der Waals surface area contributed by atoms with Crippen molar-refractivity contribution < 1.29 is 9.21 Å². The first-order chi connectivity index (χ1) is 15.6. The van der Waals surface area contributed by atoms with Crippen LogP contribution in [0.1, 0.15) is 38.7 Å². The molecule has 6 rings (SSSR count). The molecule has 0 fully saturated rings. The van der Waals surface area contributed by atoms with Crippen molar-refractivity contribution in [1.82, 2.24) is 34.6 Å². The molecule has 0 unspecified atom stereocenters. The van der Waals surface area contributed by atoms with Crippen LogP contribution < -0.4 is 0 Å². The summed E-state index contributed by atoms with van der Waals surface area (Å²) in [5, 5.41) is 5.06. The molecule has 4 aromatic heterocycles. The molecule has 0 saturated carbocycles. The monoisotopic (exact) mass is 445 g/mol. The highest BCUT2D eigenvalue weighted by atomic mass is 32.1. The van der Waals surface area contributed by atoms with Gasteiger partial charge in [-0.25, -0.2) is 15.0 Å². The van der Waals surface area contributed by atoms with Crippen molar-refractivity contribution in [1.29, 1.82) is 0 Å². The summed E-state index contributed by atoms with van der Waals surface area (Å²) in [6.07, 6.45) is 5.54. The molecular weight excluding hydrogens is 426 g/mol. The molecule has 0 spiro atoms. The maximum absolute atomic E-state index is 13.6. The van der Waals surface area contributed by atoms with Crippen LogP contribution in [0.25, 0.3) is 21.7 Å². The smallest absolute Gasteiger partial charge is 0.292 e. The molecule has 0 radical (unpaired) electrons. The lowest BCUT2D eigenvalue weighted by Gasteiger charge is -2.33. The third-order valence-corrected chi connectivity index (χ3v) is 7.00. The van der Waals surface area contributed by atoms with Gasteiger partial charge >= 0.3 is 0 Å². The van der Waals surface area contributed by atoms with Gasteiger partial charge in [-0.1, -0.05) is 12.1 Å². The molecule has 1 aliphatic rings. The number of oxazole rings is 1. The Bertz CT molecular complexity index is 1430. The lowest BCUT2D eigenvalue weighted by Crippen LogP contribution is -2.40. The number of carbonyl (C=O) groups is 1. The van der Waals surface area contributed by atoms with Gasteiger partial charge in [-0.2, -0.15) is 5.10 Å². The average molecular weight is 446 g/mol.